The molecule has 0 bridgehead atoms. The summed E-state index contributed by atoms with van der Waals surface area (Å²) in [4.78, 5) is 22.9. The van der Waals surface area contributed by atoms with Crippen LogP contribution in [0.25, 0.3) is 0 Å². The van der Waals surface area contributed by atoms with Crippen LogP contribution in [0.4, 0.5) is 11.4 Å². The van der Waals surface area contributed by atoms with Crippen LogP contribution in [0, 0.1) is 10.1 Å². The quantitative estimate of drug-likeness (QED) is 0.427. The van der Waals surface area contributed by atoms with Crippen molar-refractivity contribution in [3.05, 3.63) is 70.3 Å². The number of carbonyl (C=O) groups excluding carboxylic acids is 1. The molecule has 0 saturated carbocycles. The van der Waals surface area contributed by atoms with E-state index in [4.69, 9.17) is 9.47 Å². The molecule has 0 heterocycles. The molecule has 2 rings (SSSR count). The van der Waals surface area contributed by atoms with Crippen LogP contribution >= 0.6 is 0 Å². The molecule has 136 valence electrons. The number of amides is 1. The van der Waals surface area contributed by atoms with Crippen LogP contribution in [-0.2, 0) is 6.42 Å². The van der Waals surface area contributed by atoms with E-state index in [9.17, 15) is 14.9 Å². The van der Waals surface area contributed by atoms with Gasteiger partial charge in [0.25, 0.3) is 11.6 Å². The van der Waals surface area contributed by atoms with E-state index in [0.29, 0.717) is 23.5 Å². The molecule has 0 unspecified atom stereocenters. The maximum Gasteiger partial charge on any atom is 0.294 e. The second kappa shape index (κ2) is 8.52. The minimum atomic E-state index is -0.535. The lowest BCUT2D eigenvalue weighted by atomic mass is 10.1. The van der Waals surface area contributed by atoms with Gasteiger partial charge < -0.3 is 9.47 Å². The lowest BCUT2D eigenvalue weighted by molar-refractivity contribution is -0.384. The van der Waals surface area contributed by atoms with Gasteiger partial charge in [-0.3, -0.25) is 25.8 Å². The number of para-hydroxylation sites is 2. The van der Waals surface area contributed by atoms with Gasteiger partial charge in [0, 0.05) is 17.2 Å². The van der Waals surface area contributed by atoms with Gasteiger partial charge in [0.05, 0.1) is 19.1 Å². The molecule has 0 aromatic heterocycles. The fourth-order valence-corrected chi connectivity index (χ4v) is 2.42. The summed E-state index contributed by atoms with van der Waals surface area (Å²) in [5.41, 5.74) is 6.11. The Balaban J connectivity index is 2.26. The average Bonchev–Trinajstić information content (AvgIpc) is 2.65. The number of nitro benzene ring substituents is 1. The number of methoxy groups -OCH3 is 2. The largest absolute Gasteiger partial charge is 0.493 e. The third-order valence-electron chi connectivity index (χ3n) is 3.59. The third-order valence-corrected chi connectivity index (χ3v) is 3.59. The van der Waals surface area contributed by atoms with Crippen LogP contribution in [0.3, 0.4) is 0 Å². The number of ether oxygens (including phenoxy) is 2. The summed E-state index contributed by atoms with van der Waals surface area (Å²) < 4.78 is 10.6. The van der Waals surface area contributed by atoms with Crippen molar-refractivity contribution in [2.75, 3.05) is 19.6 Å². The summed E-state index contributed by atoms with van der Waals surface area (Å²) in [5.74, 6) is 0.452. The van der Waals surface area contributed by atoms with Crippen molar-refractivity contribution in [2.45, 2.75) is 6.42 Å². The van der Waals surface area contributed by atoms with Gasteiger partial charge in [0.2, 0.25) is 0 Å². The average molecular weight is 357 g/mol. The lowest BCUT2D eigenvalue weighted by Crippen LogP contribution is -2.29. The summed E-state index contributed by atoms with van der Waals surface area (Å²) in [5, 5.41) is 11.0. The van der Waals surface area contributed by atoms with Crippen molar-refractivity contribution in [3.8, 4) is 11.5 Å². The standard InChI is InChI=1S/C18H19N3O5/c1-4-7-12-10-13(11-16(25-2)17(12)26-3)18(22)20-19-14-8-5-6-9-15(14)21(23)24/h4-6,8-11,19H,1,7H2,2-3H3,(H,20,22). The summed E-state index contributed by atoms with van der Waals surface area (Å²) >= 11 is 0. The second-order valence-electron chi connectivity index (χ2n) is 5.22. The number of anilines is 1. The predicted molar refractivity (Wildman–Crippen MR) is 97.6 cm³/mol. The highest BCUT2D eigenvalue weighted by molar-refractivity contribution is 5.96. The second-order valence-corrected chi connectivity index (χ2v) is 5.22. The van der Waals surface area contributed by atoms with E-state index in [1.54, 1.807) is 24.3 Å². The first-order chi connectivity index (χ1) is 12.5. The molecule has 0 radical (unpaired) electrons. The van der Waals surface area contributed by atoms with E-state index in [-0.39, 0.29) is 11.4 Å². The van der Waals surface area contributed by atoms with E-state index < -0.39 is 10.8 Å². The first kappa shape index (κ1) is 18.8. The molecule has 2 N–H and O–H groups in total. The number of hydrazine groups is 1. The number of nitrogens with zero attached hydrogens (tertiary/aromatic N) is 1. The first-order valence-electron chi connectivity index (χ1n) is 7.67. The Morgan fingerprint density at radius 3 is 2.62 bits per heavy atom. The van der Waals surface area contributed by atoms with Gasteiger partial charge in [-0.2, -0.15) is 0 Å². The maximum atomic E-state index is 12.5. The van der Waals surface area contributed by atoms with E-state index >= 15 is 0 Å². The molecular formula is C18H19N3O5. The summed E-state index contributed by atoms with van der Waals surface area (Å²) in [6.45, 7) is 3.69. The smallest absolute Gasteiger partial charge is 0.294 e. The third kappa shape index (κ3) is 4.10. The molecule has 2 aromatic carbocycles. The number of carbonyl (C=O) groups is 1. The van der Waals surface area contributed by atoms with E-state index in [1.807, 2.05) is 0 Å². The zero-order valence-electron chi connectivity index (χ0n) is 14.4. The Kier molecular flexibility index (Phi) is 6.15. The summed E-state index contributed by atoms with van der Waals surface area (Å²) in [6.07, 6.45) is 2.17. The number of nitrogens with one attached hydrogen (secondary N) is 2. The molecule has 26 heavy (non-hydrogen) atoms. The van der Waals surface area contributed by atoms with E-state index in [1.165, 1.54) is 32.4 Å². The minimum absolute atomic E-state index is 0.146. The fraction of sp³-hybridized carbons (Fsp3) is 0.167. The molecule has 0 saturated heterocycles. The molecule has 1 amide bonds. The molecule has 0 spiro atoms. The highest BCUT2D eigenvalue weighted by Gasteiger charge is 2.17. The Hall–Kier alpha value is -3.55. The lowest BCUT2D eigenvalue weighted by Gasteiger charge is -2.15. The Morgan fingerprint density at radius 1 is 1.27 bits per heavy atom. The van der Waals surface area contributed by atoms with Crippen LogP contribution in [0.1, 0.15) is 15.9 Å². The number of hydrogen-bond acceptors (Lipinski definition) is 6. The van der Waals surface area contributed by atoms with Crippen LogP contribution in [0.5, 0.6) is 11.5 Å². The zero-order chi connectivity index (χ0) is 19.1. The highest BCUT2D eigenvalue weighted by atomic mass is 16.6. The molecule has 8 nitrogen and oxygen atoms in total. The van der Waals surface area contributed by atoms with Crippen molar-refractivity contribution in [1.82, 2.24) is 5.43 Å². The monoisotopic (exact) mass is 357 g/mol. The number of hydrogen-bond donors (Lipinski definition) is 2. The predicted octanol–water partition coefficient (Wildman–Crippen LogP) is 3.10. The van der Waals surface area contributed by atoms with Crippen LogP contribution in [-0.4, -0.2) is 25.1 Å². The number of benzene rings is 2. The van der Waals surface area contributed by atoms with Gasteiger partial charge in [-0.05, 0) is 24.6 Å². The highest BCUT2D eigenvalue weighted by Crippen LogP contribution is 2.33. The van der Waals surface area contributed by atoms with Crippen LogP contribution < -0.4 is 20.3 Å². The van der Waals surface area contributed by atoms with Crippen molar-refractivity contribution >= 4 is 17.3 Å². The van der Waals surface area contributed by atoms with Crippen LogP contribution in [0.2, 0.25) is 0 Å². The van der Waals surface area contributed by atoms with Crippen molar-refractivity contribution < 1.29 is 19.2 Å². The number of nitro groups is 1. The SMILES string of the molecule is C=CCc1cc(C(=O)NNc2ccccc2[N+](=O)[O-])cc(OC)c1OC. The topological polar surface area (TPSA) is 103 Å². The summed E-state index contributed by atoms with van der Waals surface area (Å²) in [7, 11) is 2.99. The molecule has 8 heteroatoms. The molecule has 0 atom stereocenters. The van der Waals surface area contributed by atoms with Crippen molar-refractivity contribution in [2.24, 2.45) is 0 Å². The Morgan fingerprint density at radius 2 is 2.00 bits per heavy atom. The van der Waals surface area contributed by atoms with Crippen molar-refractivity contribution in [1.29, 1.82) is 0 Å². The van der Waals surface area contributed by atoms with E-state index in [2.05, 4.69) is 17.4 Å². The first-order valence-corrected chi connectivity index (χ1v) is 7.67. The zero-order valence-corrected chi connectivity index (χ0v) is 14.4. The Bertz CT molecular complexity index is 836. The Labute approximate surface area is 150 Å². The van der Waals surface area contributed by atoms with Gasteiger partial charge >= 0.3 is 0 Å². The van der Waals surface area contributed by atoms with Crippen molar-refractivity contribution in [3.63, 3.8) is 0 Å². The minimum Gasteiger partial charge on any atom is -0.493 e. The maximum absolute atomic E-state index is 12.5. The number of rotatable bonds is 8. The molecule has 0 fully saturated rings. The molecular weight excluding hydrogens is 338 g/mol. The van der Waals surface area contributed by atoms with Gasteiger partial charge in [0.15, 0.2) is 11.5 Å². The molecule has 0 aliphatic heterocycles. The van der Waals surface area contributed by atoms with E-state index in [0.717, 1.165) is 5.56 Å². The molecule has 2 aromatic rings. The van der Waals surface area contributed by atoms with Gasteiger partial charge in [0.1, 0.15) is 5.69 Å². The van der Waals surface area contributed by atoms with Crippen LogP contribution in [0.15, 0.2) is 49.1 Å². The fourth-order valence-electron chi connectivity index (χ4n) is 2.42. The normalized spacial score (nSPS) is 9.92. The summed E-state index contributed by atoms with van der Waals surface area (Å²) in [6, 6.07) is 9.19. The molecule has 0 aliphatic carbocycles. The number of allylic oxidation sites excluding steroid dienone is 1. The van der Waals surface area contributed by atoms with Gasteiger partial charge in [-0.15, -0.1) is 6.58 Å². The van der Waals surface area contributed by atoms with Gasteiger partial charge in [-0.25, -0.2) is 0 Å². The van der Waals surface area contributed by atoms with Gasteiger partial charge in [-0.1, -0.05) is 18.2 Å². The molecule has 0 aliphatic rings.